The number of carbonyl (C=O) groups excluding carboxylic acids is 1. The van der Waals surface area contributed by atoms with Gasteiger partial charge in [0.1, 0.15) is 5.75 Å². The van der Waals surface area contributed by atoms with Crippen molar-refractivity contribution >= 4 is 22.6 Å². The Bertz CT molecular complexity index is 1280. The monoisotopic (exact) mass is 439 g/mol. The normalized spacial score (nSPS) is 10.7. The molecule has 0 saturated carbocycles. The van der Waals surface area contributed by atoms with Crippen molar-refractivity contribution in [3.63, 3.8) is 0 Å². The van der Waals surface area contributed by atoms with Crippen LogP contribution in [0, 0.1) is 0 Å². The number of carbonyl (C=O) groups is 2. The van der Waals surface area contributed by atoms with Gasteiger partial charge in [-0.2, -0.15) is 0 Å². The van der Waals surface area contributed by atoms with Gasteiger partial charge in [0.2, 0.25) is 0 Å². The summed E-state index contributed by atoms with van der Waals surface area (Å²) in [5.41, 5.74) is 3.87. The van der Waals surface area contributed by atoms with Gasteiger partial charge in [-0.25, -0.2) is 4.79 Å². The molecule has 33 heavy (non-hydrogen) atoms. The quantitative estimate of drug-likeness (QED) is 0.404. The van der Waals surface area contributed by atoms with Gasteiger partial charge in [-0.05, 0) is 39.9 Å². The van der Waals surface area contributed by atoms with Gasteiger partial charge in [-0.15, -0.1) is 0 Å². The molecule has 0 aliphatic heterocycles. The summed E-state index contributed by atoms with van der Waals surface area (Å²) in [7, 11) is 1.58. The Hall–Kier alpha value is -4.12. The molecule has 0 spiro atoms. The molecule has 166 valence electrons. The molecule has 1 N–H and O–H groups in total. The molecule has 4 aromatic rings. The highest BCUT2D eigenvalue weighted by Crippen LogP contribution is 2.32. The van der Waals surface area contributed by atoms with E-state index in [1.165, 1.54) is 4.90 Å². The van der Waals surface area contributed by atoms with Crippen LogP contribution in [0.5, 0.6) is 5.75 Å². The van der Waals surface area contributed by atoms with Crippen LogP contribution in [0.2, 0.25) is 0 Å². The zero-order valence-corrected chi connectivity index (χ0v) is 18.4. The molecule has 1 amide bonds. The molecule has 4 rings (SSSR count). The second-order valence-corrected chi connectivity index (χ2v) is 7.82. The Morgan fingerprint density at radius 1 is 0.879 bits per heavy atom. The summed E-state index contributed by atoms with van der Waals surface area (Å²) in [5, 5.41) is 11.6. The minimum Gasteiger partial charge on any atom is -0.496 e. The lowest BCUT2D eigenvalue weighted by Crippen LogP contribution is -2.37. The van der Waals surface area contributed by atoms with Crippen LogP contribution in [-0.4, -0.2) is 35.5 Å². The van der Waals surface area contributed by atoms with Crippen LogP contribution in [-0.2, 0) is 22.6 Å². The standard InChI is InChI=1S/C28H25NO4/c1-33-26-18-22(25-13-7-11-21-10-5-6-12-24(21)25)14-15-23(26)19-29(27(30)28(31)32)17-16-20-8-3-2-4-9-20/h2-15,18H,16-17,19H2,1H3,(H,31,32). The van der Waals surface area contributed by atoms with Crippen molar-refractivity contribution in [2.24, 2.45) is 0 Å². The SMILES string of the molecule is COc1cc(-c2cccc3ccccc23)ccc1CN(CCc1ccccc1)C(=O)C(=O)O. The highest BCUT2D eigenvalue weighted by atomic mass is 16.5. The molecular formula is C28H25NO4. The summed E-state index contributed by atoms with van der Waals surface area (Å²) < 4.78 is 5.64. The van der Waals surface area contributed by atoms with E-state index in [0.717, 1.165) is 33.0 Å². The zero-order valence-electron chi connectivity index (χ0n) is 18.4. The Labute approximate surface area is 192 Å². The molecule has 0 unspecified atom stereocenters. The summed E-state index contributed by atoms with van der Waals surface area (Å²) in [4.78, 5) is 25.2. The van der Waals surface area contributed by atoms with Gasteiger partial charge >= 0.3 is 11.9 Å². The number of carboxylic acids is 1. The number of hydrogen-bond acceptors (Lipinski definition) is 3. The lowest BCUT2D eigenvalue weighted by Gasteiger charge is -2.22. The van der Waals surface area contributed by atoms with E-state index < -0.39 is 11.9 Å². The molecule has 0 aliphatic carbocycles. The van der Waals surface area contributed by atoms with E-state index in [1.54, 1.807) is 7.11 Å². The Kier molecular flexibility index (Phi) is 6.69. The highest BCUT2D eigenvalue weighted by Gasteiger charge is 2.22. The van der Waals surface area contributed by atoms with Crippen LogP contribution >= 0.6 is 0 Å². The van der Waals surface area contributed by atoms with Crippen LogP contribution in [0.25, 0.3) is 21.9 Å². The smallest absolute Gasteiger partial charge is 0.394 e. The number of benzene rings is 4. The number of fused-ring (bicyclic) bond motifs is 1. The van der Waals surface area contributed by atoms with E-state index in [1.807, 2.05) is 66.7 Å². The molecule has 0 fully saturated rings. The van der Waals surface area contributed by atoms with Gasteiger partial charge in [0.05, 0.1) is 7.11 Å². The van der Waals surface area contributed by atoms with E-state index >= 15 is 0 Å². The molecule has 0 radical (unpaired) electrons. The average molecular weight is 440 g/mol. The second kappa shape index (κ2) is 10.0. The van der Waals surface area contributed by atoms with Gasteiger partial charge in [0.25, 0.3) is 0 Å². The molecule has 5 nitrogen and oxygen atoms in total. The number of carboxylic acid groups (broad SMARTS) is 1. The maximum absolute atomic E-state index is 12.4. The van der Waals surface area contributed by atoms with Crippen LogP contribution < -0.4 is 4.74 Å². The summed E-state index contributed by atoms with van der Waals surface area (Å²) in [5.74, 6) is -1.77. The lowest BCUT2D eigenvalue weighted by molar-refractivity contribution is -0.156. The van der Waals surface area contributed by atoms with Crippen molar-refractivity contribution in [1.29, 1.82) is 0 Å². The fourth-order valence-corrected chi connectivity index (χ4v) is 4.02. The fourth-order valence-electron chi connectivity index (χ4n) is 4.02. The summed E-state index contributed by atoms with van der Waals surface area (Å²) >= 11 is 0. The molecule has 4 aromatic carbocycles. The zero-order chi connectivity index (χ0) is 23.2. The molecule has 0 atom stereocenters. The van der Waals surface area contributed by atoms with Gasteiger partial charge in [-0.3, -0.25) is 4.79 Å². The number of ether oxygens (including phenoxy) is 1. The van der Waals surface area contributed by atoms with Crippen LogP contribution in [0.3, 0.4) is 0 Å². The summed E-state index contributed by atoms with van der Waals surface area (Å²) in [6.07, 6.45) is 0.566. The fraction of sp³-hybridized carbons (Fsp3) is 0.143. The van der Waals surface area contributed by atoms with E-state index in [4.69, 9.17) is 4.74 Å². The largest absolute Gasteiger partial charge is 0.496 e. The number of rotatable bonds is 7. The molecule has 0 aliphatic rings. The van der Waals surface area contributed by atoms with Gasteiger partial charge in [-0.1, -0.05) is 84.9 Å². The number of amides is 1. The third kappa shape index (κ3) is 5.04. The van der Waals surface area contributed by atoms with Crippen LogP contribution in [0.4, 0.5) is 0 Å². The molecule has 0 saturated heterocycles. The maximum atomic E-state index is 12.4. The first kappa shape index (κ1) is 22.1. The summed E-state index contributed by atoms with van der Waals surface area (Å²) in [6.45, 7) is 0.445. The van der Waals surface area contributed by atoms with E-state index in [9.17, 15) is 14.7 Å². The topological polar surface area (TPSA) is 66.8 Å². The Morgan fingerprint density at radius 2 is 1.61 bits per heavy atom. The van der Waals surface area contributed by atoms with E-state index in [-0.39, 0.29) is 6.54 Å². The first-order chi connectivity index (χ1) is 16.1. The predicted octanol–water partition coefficient (Wildman–Crippen LogP) is 5.17. The Morgan fingerprint density at radius 3 is 2.36 bits per heavy atom. The van der Waals surface area contributed by atoms with Crippen molar-refractivity contribution in [1.82, 2.24) is 4.90 Å². The van der Waals surface area contributed by atoms with Gasteiger partial charge in [0.15, 0.2) is 0 Å². The average Bonchev–Trinajstić information content (AvgIpc) is 2.86. The molecule has 0 heterocycles. The number of nitrogens with zero attached hydrogens (tertiary/aromatic N) is 1. The highest BCUT2D eigenvalue weighted by molar-refractivity contribution is 6.31. The Balaban J connectivity index is 1.62. The number of aliphatic carboxylic acids is 1. The van der Waals surface area contributed by atoms with Crippen molar-refractivity contribution in [3.05, 3.63) is 102 Å². The number of hydrogen-bond donors (Lipinski definition) is 1. The van der Waals surface area contributed by atoms with E-state index in [2.05, 4.69) is 24.3 Å². The van der Waals surface area contributed by atoms with Crippen molar-refractivity contribution in [3.8, 4) is 16.9 Å². The minimum atomic E-state index is -1.46. The third-order valence-electron chi connectivity index (χ3n) is 5.73. The van der Waals surface area contributed by atoms with Crippen LogP contribution in [0.15, 0.2) is 91.0 Å². The first-order valence-electron chi connectivity index (χ1n) is 10.8. The van der Waals surface area contributed by atoms with E-state index in [0.29, 0.717) is 18.7 Å². The first-order valence-corrected chi connectivity index (χ1v) is 10.8. The van der Waals surface area contributed by atoms with Crippen molar-refractivity contribution < 1.29 is 19.4 Å². The summed E-state index contributed by atoms with van der Waals surface area (Å²) in [6, 6.07) is 29.9. The second-order valence-electron chi connectivity index (χ2n) is 7.82. The number of methoxy groups -OCH3 is 1. The lowest BCUT2D eigenvalue weighted by atomic mass is 9.97. The predicted molar refractivity (Wildman–Crippen MR) is 129 cm³/mol. The van der Waals surface area contributed by atoms with Crippen molar-refractivity contribution in [2.75, 3.05) is 13.7 Å². The molecule has 0 bridgehead atoms. The van der Waals surface area contributed by atoms with Gasteiger partial charge < -0.3 is 14.7 Å². The molecule has 0 aromatic heterocycles. The molecular weight excluding hydrogens is 414 g/mol. The van der Waals surface area contributed by atoms with Crippen LogP contribution in [0.1, 0.15) is 11.1 Å². The maximum Gasteiger partial charge on any atom is 0.394 e. The van der Waals surface area contributed by atoms with Crippen molar-refractivity contribution in [2.45, 2.75) is 13.0 Å². The third-order valence-corrected chi connectivity index (χ3v) is 5.73. The van der Waals surface area contributed by atoms with Gasteiger partial charge in [0, 0.05) is 18.7 Å². The minimum absolute atomic E-state index is 0.150. The molecule has 5 heteroatoms.